The van der Waals surface area contributed by atoms with Crippen LogP contribution < -0.4 is 16.6 Å². The normalized spacial score (nSPS) is 10.6. The molecule has 0 unspecified atom stereocenters. The van der Waals surface area contributed by atoms with E-state index in [2.05, 4.69) is 15.3 Å². The molecular weight excluding hydrogens is 424 g/mol. The van der Waals surface area contributed by atoms with Gasteiger partial charge in [-0.3, -0.25) is 14.4 Å². The van der Waals surface area contributed by atoms with Crippen molar-refractivity contribution in [1.29, 1.82) is 0 Å². The van der Waals surface area contributed by atoms with E-state index in [4.69, 9.17) is 17.3 Å². The first kappa shape index (κ1) is 21.6. The molecule has 0 atom stereocenters. The average Bonchev–Trinajstić information content (AvgIpc) is 2.69. The number of hydrogen-bond acceptors (Lipinski definition) is 5. The summed E-state index contributed by atoms with van der Waals surface area (Å²) < 4.78 is 0. The Morgan fingerprint density at radius 2 is 1.97 bits per heavy atom. The molecule has 3 rings (SSSR count). The SMILES string of the molecule is Cc1nc(SCc2cccc(Cl)c2)[nH]c(=O)c1CC(=O)Nc1ccccc1C(N)=O. The number of aromatic amines is 1. The summed E-state index contributed by atoms with van der Waals surface area (Å²) in [7, 11) is 0. The molecule has 2 amide bonds. The Hall–Kier alpha value is -3.10. The summed E-state index contributed by atoms with van der Waals surface area (Å²) in [6, 6.07) is 13.8. The standard InChI is InChI=1S/C21H19ClN4O3S/c1-12-16(10-18(27)25-17-8-3-2-7-15(17)19(23)28)20(29)26-21(24-12)30-11-13-5-4-6-14(22)9-13/h2-9H,10-11H2,1H3,(H2,23,28)(H,25,27)(H,24,26,29). The minimum Gasteiger partial charge on any atom is -0.366 e. The molecule has 0 aliphatic heterocycles. The fourth-order valence-corrected chi connectivity index (χ4v) is 3.86. The number of nitrogens with two attached hydrogens (primary N) is 1. The van der Waals surface area contributed by atoms with Gasteiger partial charge in [0.15, 0.2) is 5.16 Å². The van der Waals surface area contributed by atoms with Crippen LogP contribution >= 0.6 is 23.4 Å². The van der Waals surface area contributed by atoms with Crippen molar-refractivity contribution in [3.8, 4) is 0 Å². The fourth-order valence-electron chi connectivity index (χ4n) is 2.80. The number of thioether (sulfide) groups is 1. The maximum Gasteiger partial charge on any atom is 0.255 e. The van der Waals surface area contributed by atoms with Crippen LogP contribution in [-0.4, -0.2) is 21.8 Å². The Morgan fingerprint density at radius 3 is 2.67 bits per heavy atom. The first-order valence-corrected chi connectivity index (χ1v) is 10.4. The van der Waals surface area contributed by atoms with Crippen molar-refractivity contribution in [3.05, 3.63) is 86.3 Å². The minimum atomic E-state index is -0.650. The number of benzene rings is 2. The van der Waals surface area contributed by atoms with Crippen LogP contribution in [0.25, 0.3) is 0 Å². The molecule has 3 aromatic rings. The van der Waals surface area contributed by atoms with Gasteiger partial charge in [-0.2, -0.15) is 0 Å². The van der Waals surface area contributed by atoms with Gasteiger partial charge in [-0.1, -0.05) is 47.6 Å². The van der Waals surface area contributed by atoms with Crippen molar-refractivity contribution in [2.24, 2.45) is 5.73 Å². The van der Waals surface area contributed by atoms with Crippen LogP contribution in [0.3, 0.4) is 0 Å². The maximum atomic E-state index is 12.5. The molecule has 2 aromatic carbocycles. The van der Waals surface area contributed by atoms with Crippen LogP contribution in [-0.2, 0) is 17.0 Å². The molecule has 9 heteroatoms. The van der Waals surface area contributed by atoms with E-state index in [0.29, 0.717) is 27.3 Å². The summed E-state index contributed by atoms with van der Waals surface area (Å²) in [6.07, 6.45) is -0.180. The number of H-pyrrole nitrogens is 1. The van der Waals surface area contributed by atoms with Gasteiger partial charge in [0.25, 0.3) is 11.5 Å². The second-order valence-electron chi connectivity index (χ2n) is 6.49. The summed E-state index contributed by atoms with van der Waals surface area (Å²) in [6.45, 7) is 1.68. The van der Waals surface area contributed by atoms with E-state index in [0.717, 1.165) is 5.56 Å². The predicted octanol–water partition coefficient (Wildman–Crippen LogP) is 3.30. The maximum absolute atomic E-state index is 12.5. The Labute approximate surface area is 182 Å². The van der Waals surface area contributed by atoms with E-state index in [1.165, 1.54) is 17.8 Å². The largest absolute Gasteiger partial charge is 0.366 e. The topological polar surface area (TPSA) is 118 Å². The lowest BCUT2D eigenvalue weighted by Crippen LogP contribution is -2.25. The van der Waals surface area contributed by atoms with E-state index in [9.17, 15) is 14.4 Å². The number of nitrogens with one attached hydrogen (secondary N) is 2. The summed E-state index contributed by atoms with van der Waals surface area (Å²) in [5.74, 6) is -0.506. The van der Waals surface area contributed by atoms with E-state index in [1.54, 1.807) is 31.2 Å². The number of rotatable bonds is 7. The number of carbonyl (C=O) groups is 2. The molecule has 0 bridgehead atoms. The molecule has 4 N–H and O–H groups in total. The van der Waals surface area contributed by atoms with Crippen molar-refractivity contribution in [3.63, 3.8) is 0 Å². The highest BCUT2D eigenvalue weighted by molar-refractivity contribution is 7.98. The summed E-state index contributed by atoms with van der Waals surface area (Å²) in [5.41, 5.74) is 7.16. The molecule has 0 fully saturated rings. The third-order valence-corrected chi connectivity index (χ3v) is 5.45. The van der Waals surface area contributed by atoms with Crippen LogP contribution in [0.1, 0.15) is 27.2 Å². The number of para-hydroxylation sites is 1. The molecule has 30 heavy (non-hydrogen) atoms. The summed E-state index contributed by atoms with van der Waals surface area (Å²) in [4.78, 5) is 43.5. The van der Waals surface area contributed by atoms with E-state index >= 15 is 0 Å². The zero-order valence-corrected chi connectivity index (χ0v) is 17.6. The Morgan fingerprint density at radius 1 is 1.20 bits per heavy atom. The van der Waals surface area contributed by atoms with Gasteiger partial charge in [-0.25, -0.2) is 4.98 Å². The number of nitrogens with zero attached hydrogens (tertiary/aromatic N) is 1. The second-order valence-corrected chi connectivity index (χ2v) is 7.89. The van der Waals surface area contributed by atoms with Crippen molar-refractivity contribution in [2.45, 2.75) is 24.3 Å². The zero-order chi connectivity index (χ0) is 21.7. The smallest absolute Gasteiger partial charge is 0.255 e. The molecule has 1 heterocycles. The van der Waals surface area contributed by atoms with Gasteiger partial charge in [0.05, 0.1) is 17.7 Å². The fraction of sp³-hybridized carbons (Fsp3) is 0.143. The molecule has 1 aromatic heterocycles. The average molecular weight is 443 g/mol. The van der Waals surface area contributed by atoms with Crippen molar-refractivity contribution in [2.75, 3.05) is 5.32 Å². The van der Waals surface area contributed by atoms with Gasteiger partial charge < -0.3 is 16.0 Å². The Kier molecular flexibility index (Phi) is 6.91. The number of aromatic nitrogens is 2. The monoisotopic (exact) mass is 442 g/mol. The highest BCUT2D eigenvalue weighted by Crippen LogP contribution is 2.21. The van der Waals surface area contributed by atoms with Crippen molar-refractivity contribution >= 4 is 40.9 Å². The van der Waals surface area contributed by atoms with E-state index in [-0.39, 0.29) is 23.1 Å². The van der Waals surface area contributed by atoms with Gasteiger partial charge in [-0.15, -0.1) is 0 Å². The van der Waals surface area contributed by atoms with Gasteiger partial charge in [0.2, 0.25) is 5.91 Å². The first-order chi connectivity index (χ1) is 14.3. The second kappa shape index (κ2) is 9.60. The van der Waals surface area contributed by atoms with Crippen molar-refractivity contribution in [1.82, 2.24) is 9.97 Å². The number of hydrogen-bond donors (Lipinski definition) is 3. The molecule has 7 nitrogen and oxygen atoms in total. The first-order valence-electron chi connectivity index (χ1n) is 8.99. The number of halogens is 1. The third-order valence-electron chi connectivity index (χ3n) is 4.27. The quantitative estimate of drug-likeness (QED) is 0.383. The summed E-state index contributed by atoms with van der Waals surface area (Å²) in [5, 5.41) is 3.73. The van der Waals surface area contributed by atoms with Crippen LogP contribution in [0.4, 0.5) is 5.69 Å². The van der Waals surface area contributed by atoms with Gasteiger partial charge >= 0.3 is 0 Å². The molecule has 0 aliphatic rings. The van der Waals surface area contributed by atoms with E-state index < -0.39 is 11.8 Å². The molecule has 0 spiro atoms. The highest BCUT2D eigenvalue weighted by atomic mass is 35.5. The van der Waals surface area contributed by atoms with Crippen molar-refractivity contribution < 1.29 is 9.59 Å². The Bertz CT molecular complexity index is 1160. The number of aryl methyl sites for hydroxylation is 1. The van der Waals surface area contributed by atoms with Gasteiger partial charge in [0.1, 0.15) is 0 Å². The lowest BCUT2D eigenvalue weighted by atomic mass is 10.1. The predicted molar refractivity (Wildman–Crippen MR) is 118 cm³/mol. The Balaban J connectivity index is 1.70. The van der Waals surface area contributed by atoms with Crippen LogP contribution in [0.2, 0.25) is 5.02 Å². The van der Waals surface area contributed by atoms with Gasteiger partial charge in [0, 0.05) is 22.0 Å². The van der Waals surface area contributed by atoms with E-state index in [1.807, 2.05) is 18.2 Å². The van der Waals surface area contributed by atoms with Crippen LogP contribution in [0, 0.1) is 6.92 Å². The minimum absolute atomic E-state index is 0.180. The number of amides is 2. The summed E-state index contributed by atoms with van der Waals surface area (Å²) >= 11 is 7.35. The molecule has 0 saturated heterocycles. The van der Waals surface area contributed by atoms with Crippen LogP contribution in [0.5, 0.6) is 0 Å². The molecule has 0 radical (unpaired) electrons. The third kappa shape index (κ3) is 5.49. The highest BCUT2D eigenvalue weighted by Gasteiger charge is 2.15. The lowest BCUT2D eigenvalue weighted by Gasteiger charge is -2.10. The lowest BCUT2D eigenvalue weighted by molar-refractivity contribution is -0.115. The van der Waals surface area contributed by atoms with Crippen LogP contribution in [0.15, 0.2) is 58.5 Å². The number of primary amides is 1. The number of anilines is 1. The van der Waals surface area contributed by atoms with Gasteiger partial charge in [-0.05, 0) is 36.8 Å². The molecule has 0 aliphatic carbocycles. The number of carbonyl (C=O) groups excluding carboxylic acids is 2. The zero-order valence-electron chi connectivity index (χ0n) is 16.1. The molecule has 154 valence electrons. The molecular formula is C21H19ClN4O3S. The molecule has 0 saturated carbocycles.